The Morgan fingerprint density at radius 1 is 1.14 bits per heavy atom. The summed E-state index contributed by atoms with van der Waals surface area (Å²) >= 11 is 6.03. The first kappa shape index (κ1) is 13.7. The Hall–Kier alpha value is -1.93. The van der Waals surface area contributed by atoms with Crippen molar-refractivity contribution in [3.8, 4) is 5.75 Å². The van der Waals surface area contributed by atoms with Crippen LogP contribution in [-0.4, -0.2) is 7.11 Å². The van der Waals surface area contributed by atoms with E-state index in [1.54, 1.807) is 7.11 Å². The zero-order valence-corrected chi connectivity index (χ0v) is 13.2. The van der Waals surface area contributed by atoms with Crippen molar-refractivity contribution in [2.45, 2.75) is 18.4 Å². The molecule has 1 N–H and O–H groups in total. The van der Waals surface area contributed by atoms with Crippen molar-refractivity contribution in [3.63, 3.8) is 0 Å². The molecule has 2 nitrogen and oxygen atoms in total. The lowest BCUT2D eigenvalue weighted by atomic mass is 9.77. The molecule has 4 rings (SSSR count). The minimum absolute atomic E-state index is 0.318. The van der Waals surface area contributed by atoms with Crippen LogP contribution in [-0.2, 0) is 0 Å². The molecule has 0 saturated heterocycles. The van der Waals surface area contributed by atoms with E-state index >= 15 is 0 Å². The first-order valence-electron chi connectivity index (χ1n) is 7.63. The van der Waals surface area contributed by atoms with Gasteiger partial charge in [0.2, 0.25) is 0 Å². The summed E-state index contributed by atoms with van der Waals surface area (Å²) in [6.07, 6.45) is 5.74. The van der Waals surface area contributed by atoms with Crippen LogP contribution in [0.1, 0.15) is 29.5 Å². The van der Waals surface area contributed by atoms with Crippen LogP contribution >= 0.6 is 11.6 Å². The summed E-state index contributed by atoms with van der Waals surface area (Å²) in [5.74, 6) is 1.91. The van der Waals surface area contributed by atoms with Crippen LogP contribution in [0.25, 0.3) is 0 Å². The number of allylic oxidation sites excluding steroid dienone is 2. The molecule has 2 aliphatic rings. The van der Waals surface area contributed by atoms with Gasteiger partial charge in [-0.25, -0.2) is 0 Å². The lowest BCUT2D eigenvalue weighted by Crippen LogP contribution is -2.29. The van der Waals surface area contributed by atoms with Crippen molar-refractivity contribution in [1.29, 1.82) is 0 Å². The standard InChI is InChI=1S/C19H18ClNO/c1-22-14-9-10-18-17(11-14)15-3-2-4-16(15)19(21-18)12-5-7-13(20)8-6-12/h2-3,5-11,15-16,19,21H,4H2,1H3/t15-,16+,19+/m1/s1. The Morgan fingerprint density at radius 3 is 2.73 bits per heavy atom. The van der Waals surface area contributed by atoms with E-state index in [2.05, 4.69) is 41.7 Å². The van der Waals surface area contributed by atoms with Gasteiger partial charge in [-0.15, -0.1) is 0 Å². The minimum Gasteiger partial charge on any atom is -0.497 e. The summed E-state index contributed by atoms with van der Waals surface area (Å²) in [5.41, 5.74) is 3.83. The highest BCUT2D eigenvalue weighted by atomic mass is 35.5. The van der Waals surface area contributed by atoms with Gasteiger partial charge in [0, 0.05) is 16.6 Å². The number of anilines is 1. The van der Waals surface area contributed by atoms with E-state index in [4.69, 9.17) is 16.3 Å². The van der Waals surface area contributed by atoms with Crippen molar-refractivity contribution in [2.24, 2.45) is 5.92 Å². The molecule has 0 saturated carbocycles. The maximum absolute atomic E-state index is 6.03. The number of nitrogens with one attached hydrogen (secondary N) is 1. The molecule has 2 aromatic rings. The SMILES string of the molecule is COc1ccc2c(c1)[C@@H]1C=CC[C@@H]1[C@H](c1ccc(Cl)cc1)N2. The highest BCUT2D eigenvalue weighted by molar-refractivity contribution is 6.30. The van der Waals surface area contributed by atoms with Crippen LogP contribution in [0.3, 0.4) is 0 Å². The molecule has 3 atom stereocenters. The van der Waals surface area contributed by atoms with Gasteiger partial charge in [0.05, 0.1) is 13.2 Å². The number of fused-ring (bicyclic) bond motifs is 3. The molecule has 0 amide bonds. The van der Waals surface area contributed by atoms with Crippen LogP contribution in [0.4, 0.5) is 5.69 Å². The van der Waals surface area contributed by atoms with Gasteiger partial charge >= 0.3 is 0 Å². The molecule has 1 aliphatic carbocycles. The average Bonchev–Trinajstić information content (AvgIpc) is 3.04. The third-order valence-electron chi connectivity index (χ3n) is 4.80. The van der Waals surface area contributed by atoms with Crippen LogP contribution in [0.2, 0.25) is 5.02 Å². The van der Waals surface area contributed by atoms with E-state index in [1.807, 2.05) is 18.2 Å². The van der Waals surface area contributed by atoms with E-state index in [-0.39, 0.29) is 0 Å². The topological polar surface area (TPSA) is 21.3 Å². The second-order valence-corrected chi connectivity index (χ2v) is 6.42. The highest BCUT2D eigenvalue weighted by Gasteiger charge is 2.37. The third-order valence-corrected chi connectivity index (χ3v) is 5.05. The Bertz CT molecular complexity index is 723. The van der Waals surface area contributed by atoms with E-state index in [1.165, 1.54) is 16.8 Å². The molecule has 0 radical (unpaired) electrons. The summed E-state index contributed by atoms with van der Waals surface area (Å²) in [6, 6.07) is 14.8. The Morgan fingerprint density at radius 2 is 1.95 bits per heavy atom. The van der Waals surface area contributed by atoms with Gasteiger partial charge in [-0.05, 0) is 53.8 Å². The summed E-state index contributed by atoms with van der Waals surface area (Å²) < 4.78 is 5.39. The predicted octanol–water partition coefficient (Wildman–Crippen LogP) is 5.18. The number of benzene rings is 2. The number of rotatable bonds is 2. The fourth-order valence-electron chi connectivity index (χ4n) is 3.70. The lowest BCUT2D eigenvalue weighted by Gasteiger charge is -2.37. The third kappa shape index (κ3) is 2.19. The normalized spacial score (nSPS) is 25.3. The van der Waals surface area contributed by atoms with Crippen molar-refractivity contribution >= 4 is 17.3 Å². The molecular formula is C19H18ClNO. The van der Waals surface area contributed by atoms with Crippen LogP contribution in [0.5, 0.6) is 5.75 Å². The van der Waals surface area contributed by atoms with Crippen molar-refractivity contribution in [2.75, 3.05) is 12.4 Å². The number of hydrogen-bond acceptors (Lipinski definition) is 2. The first-order chi connectivity index (χ1) is 10.8. The van der Waals surface area contributed by atoms with Gasteiger partial charge < -0.3 is 10.1 Å². The zero-order chi connectivity index (χ0) is 15.1. The quantitative estimate of drug-likeness (QED) is 0.772. The van der Waals surface area contributed by atoms with Crippen LogP contribution < -0.4 is 10.1 Å². The molecule has 0 bridgehead atoms. The van der Waals surface area contributed by atoms with Crippen molar-refractivity contribution in [1.82, 2.24) is 0 Å². The molecule has 0 fully saturated rings. The number of hydrogen-bond donors (Lipinski definition) is 1. The molecule has 1 heterocycles. The fourth-order valence-corrected chi connectivity index (χ4v) is 3.83. The van der Waals surface area contributed by atoms with Gasteiger partial charge in [0.1, 0.15) is 5.75 Å². The maximum atomic E-state index is 6.03. The smallest absolute Gasteiger partial charge is 0.119 e. The summed E-state index contributed by atoms with van der Waals surface area (Å²) in [4.78, 5) is 0. The first-order valence-corrected chi connectivity index (χ1v) is 8.00. The van der Waals surface area contributed by atoms with Gasteiger partial charge in [-0.2, -0.15) is 0 Å². The number of ether oxygens (including phenoxy) is 1. The lowest BCUT2D eigenvalue weighted by molar-refractivity contribution is 0.405. The van der Waals surface area contributed by atoms with Gasteiger partial charge in [-0.1, -0.05) is 35.9 Å². The second kappa shape index (κ2) is 5.36. The van der Waals surface area contributed by atoms with Gasteiger partial charge in [0.15, 0.2) is 0 Å². The average molecular weight is 312 g/mol. The van der Waals surface area contributed by atoms with E-state index < -0.39 is 0 Å². The second-order valence-electron chi connectivity index (χ2n) is 5.98. The molecule has 0 spiro atoms. The van der Waals surface area contributed by atoms with E-state index in [9.17, 15) is 0 Å². The highest BCUT2D eigenvalue weighted by Crippen LogP contribution is 2.50. The molecule has 22 heavy (non-hydrogen) atoms. The van der Waals surface area contributed by atoms with Gasteiger partial charge in [-0.3, -0.25) is 0 Å². The molecule has 0 aromatic heterocycles. The Balaban J connectivity index is 1.76. The van der Waals surface area contributed by atoms with Crippen LogP contribution in [0, 0.1) is 5.92 Å². The number of halogens is 1. The minimum atomic E-state index is 0.318. The predicted molar refractivity (Wildman–Crippen MR) is 90.8 cm³/mol. The van der Waals surface area contributed by atoms with Crippen molar-refractivity contribution < 1.29 is 4.74 Å². The summed E-state index contributed by atoms with van der Waals surface area (Å²) in [6.45, 7) is 0. The fraction of sp³-hybridized carbons (Fsp3) is 0.263. The Labute approximate surface area is 135 Å². The van der Waals surface area contributed by atoms with Crippen molar-refractivity contribution in [3.05, 3.63) is 70.8 Å². The molecule has 2 aromatic carbocycles. The van der Waals surface area contributed by atoms with Crippen LogP contribution in [0.15, 0.2) is 54.6 Å². The maximum Gasteiger partial charge on any atom is 0.119 e. The van der Waals surface area contributed by atoms with E-state index in [0.717, 1.165) is 17.2 Å². The summed E-state index contributed by atoms with van der Waals surface area (Å²) in [5, 5.41) is 4.50. The van der Waals surface area contributed by atoms with E-state index in [0.29, 0.717) is 17.9 Å². The molecular weight excluding hydrogens is 294 g/mol. The molecule has 0 unspecified atom stereocenters. The Kier molecular flexibility index (Phi) is 3.34. The molecule has 1 aliphatic heterocycles. The number of methoxy groups -OCH3 is 1. The molecule has 3 heteroatoms. The molecule has 112 valence electrons. The monoisotopic (exact) mass is 311 g/mol. The largest absolute Gasteiger partial charge is 0.497 e. The summed E-state index contributed by atoms with van der Waals surface area (Å²) in [7, 11) is 1.72. The van der Waals surface area contributed by atoms with Gasteiger partial charge in [0.25, 0.3) is 0 Å². The zero-order valence-electron chi connectivity index (χ0n) is 12.4.